The van der Waals surface area contributed by atoms with E-state index in [1.54, 1.807) is 10.6 Å². The van der Waals surface area contributed by atoms with Gasteiger partial charge in [-0.2, -0.15) is 9.50 Å². The summed E-state index contributed by atoms with van der Waals surface area (Å²) in [6.07, 6.45) is 1.76. The first kappa shape index (κ1) is 18.6. The van der Waals surface area contributed by atoms with Crippen LogP contribution in [0.1, 0.15) is 25.5 Å². The molecule has 0 amide bonds. The van der Waals surface area contributed by atoms with Gasteiger partial charge in [-0.25, -0.2) is 0 Å². The minimum atomic E-state index is -0.160. The van der Waals surface area contributed by atoms with Crippen LogP contribution in [0.3, 0.4) is 0 Å². The number of halogens is 2. The van der Waals surface area contributed by atoms with Crippen molar-refractivity contribution >= 4 is 34.8 Å². The van der Waals surface area contributed by atoms with Gasteiger partial charge in [0, 0.05) is 31.2 Å². The number of aromatic nitrogens is 4. The Kier molecular flexibility index (Phi) is 4.58. The third kappa shape index (κ3) is 3.08. The number of aryl methyl sites for hydroxylation is 1. The van der Waals surface area contributed by atoms with Crippen molar-refractivity contribution in [1.82, 2.24) is 19.2 Å². The average molecular weight is 409 g/mol. The molecule has 1 aliphatic heterocycles. The predicted octanol–water partition coefficient (Wildman–Crippen LogP) is 2.85. The molecule has 0 bridgehead atoms. The SMILES string of the molecule is Cn1c(-c2cccc(Cl)c2Cl)nn2c(CO)c(N3CCC(C)(N)CC3)nc12. The fourth-order valence-electron chi connectivity index (χ4n) is 3.53. The zero-order chi connectivity index (χ0) is 19.3. The molecule has 27 heavy (non-hydrogen) atoms. The summed E-state index contributed by atoms with van der Waals surface area (Å²) in [5, 5.41) is 15.6. The fraction of sp³-hybridized carbons (Fsp3) is 0.444. The van der Waals surface area contributed by atoms with Crippen molar-refractivity contribution in [3.63, 3.8) is 0 Å². The molecule has 1 fully saturated rings. The van der Waals surface area contributed by atoms with Gasteiger partial charge in [0.15, 0.2) is 11.6 Å². The third-order valence-electron chi connectivity index (χ3n) is 5.27. The van der Waals surface area contributed by atoms with Crippen LogP contribution in [0, 0.1) is 0 Å². The lowest BCUT2D eigenvalue weighted by Crippen LogP contribution is -2.48. The van der Waals surface area contributed by atoms with Gasteiger partial charge in [-0.15, -0.1) is 5.10 Å². The first-order valence-corrected chi connectivity index (χ1v) is 9.61. The highest BCUT2D eigenvalue weighted by molar-refractivity contribution is 6.43. The number of benzene rings is 1. The summed E-state index contributed by atoms with van der Waals surface area (Å²) < 4.78 is 3.54. The van der Waals surface area contributed by atoms with E-state index in [9.17, 15) is 5.11 Å². The van der Waals surface area contributed by atoms with E-state index in [4.69, 9.17) is 33.9 Å². The van der Waals surface area contributed by atoms with E-state index >= 15 is 0 Å². The van der Waals surface area contributed by atoms with Crippen molar-refractivity contribution in [3.05, 3.63) is 33.9 Å². The van der Waals surface area contributed by atoms with Crippen molar-refractivity contribution in [1.29, 1.82) is 0 Å². The summed E-state index contributed by atoms with van der Waals surface area (Å²) in [5.41, 5.74) is 7.47. The lowest BCUT2D eigenvalue weighted by atomic mass is 9.91. The third-order valence-corrected chi connectivity index (χ3v) is 6.09. The maximum absolute atomic E-state index is 10.00. The summed E-state index contributed by atoms with van der Waals surface area (Å²) in [5.74, 6) is 2.04. The molecular weight excluding hydrogens is 387 g/mol. The first-order valence-electron chi connectivity index (χ1n) is 8.86. The van der Waals surface area contributed by atoms with Crippen LogP contribution < -0.4 is 10.6 Å². The Hall–Kier alpha value is -1.80. The molecule has 2 aromatic heterocycles. The highest BCUT2D eigenvalue weighted by atomic mass is 35.5. The molecule has 4 rings (SSSR count). The molecule has 0 radical (unpaired) electrons. The molecule has 3 N–H and O–H groups in total. The van der Waals surface area contributed by atoms with Gasteiger partial charge < -0.3 is 15.7 Å². The van der Waals surface area contributed by atoms with Crippen LogP contribution in [0.4, 0.5) is 5.82 Å². The Labute approximate surface area is 167 Å². The van der Waals surface area contributed by atoms with Gasteiger partial charge in [-0.1, -0.05) is 29.3 Å². The number of nitrogens with zero attached hydrogens (tertiary/aromatic N) is 5. The number of piperidine rings is 1. The zero-order valence-corrected chi connectivity index (χ0v) is 16.8. The number of aliphatic hydroxyl groups excluding tert-OH is 1. The minimum Gasteiger partial charge on any atom is -0.390 e. The Morgan fingerprint density at radius 3 is 2.63 bits per heavy atom. The van der Waals surface area contributed by atoms with Crippen molar-refractivity contribution in [2.24, 2.45) is 12.8 Å². The molecule has 9 heteroatoms. The molecule has 1 saturated heterocycles. The van der Waals surface area contributed by atoms with Gasteiger partial charge in [0.1, 0.15) is 5.69 Å². The molecule has 1 aromatic carbocycles. The maximum atomic E-state index is 10.00. The number of imidazole rings is 1. The van der Waals surface area contributed by atoms with E-state index in [0.717, 1.165) is 37.3 Å². The lowest BCUT2D eigenvalue weighted by molar-refractivity contribution is 0.274. The molecule has 0 spiro atoms. The van der Waals surface area contributed by atoms with Crippen LogP contribution in [0.15, 0.2) is 18.2 Å². The van der Waals surface area contributed by atoms with E-state index in [-0.39, 0.29) is 12.1 Å². The van der Waals surface area contributed by atoms with Crippen LogP contribution in [0.25, 0.3) is 17.2 Å². The molecule has 3 aromatic rings. The number of hydrogen-bond acceptors (Lipinski definition) is 5. The number of nitrogens with two attached hydrogens (primary N) is 1. The van der Waals surface area contributed by atoms with E-state index in [1.165, 1.54) is 0 Å². The Morgan fingerprint density at radius 2 is 1.96 bits per heavy atom. The number of fused-ring (bicyclic) bond motifs is 1. The molecule has 3 heterocycles. The number of hydrogen-bond donors (Lipinski definition) is 2. The second kappa shape index (κ2) is 6.67. The van der Waals surface area contributed by atoms with E-state index in [0.29, 0.717) is 27.3 Å². The predicted molar refractivity (Wildman–Crippen MR) is 107 cm³/mol. The van der Waals surface area contributed by atoms with E-state index in [1.807, 2.05) is 23.7 Å². The number of rotatable bonds is 3. The lowest BCUT2D eigenvalue weighted by Gasteiger charge is -2.37. The smallest absolute Gasteiger partial charge is 0.234 e. The summed E-state index contributed by atoms with van der Waals surface area (Å²) in [6, 6.07) is 5.43. The number of aliphatic hydroxyl groups is 1. The molecular formula is C18H22Cl2N6O. The average Bonchev–Trinajstić information content (AvgIpc) is 3.14. The van der Waals surface area contributed by atoms with Crippen molar-refractivity contribution in [2.75, 3.05) is 18.0 Å². The van der Waals surface area contributed by atoms with Gasteiger partial charge >= 0.3 is 0 Å². The van der Waals surface area contributed by atoms with Gasteiger partial charge in [0.05, 0.1) is 16.7 Å². The summed E-state index contributed by atoms with van der Waals surface area (Å²) in [7, 11) is 1.87. The van der Waals surface area contributed by atoms with Crippen LogP contribution in [0.5, 0.6) is 0 Å². The normalized spacial score (nSPS) is 17.0. The van der Waals surface area contributed by atoms with Gasteiger partial charge in [0.25, 0.3) is 0 Å². The summed E-state index contributed by atoms with van der Waals surface area (Å²) in [6.45, 7) is 3.52. The molecule has 0 saturated carbocycles. The van der Waals surface area contributed by atoms with Crippen molar-refractivity contribution in [3.8, 4) is 11.4 Å². The Bertz CT molecular complexity index is 999. The molecule has 1 aliphatic rings. The van der Waals surface area contributed by atoms with Crippen LogP contribution in [-0.4, -0.2) is 42.9 Å². The van der Waals surface area contributed by atoms with Crippen LogP contribution in [0.2, 0.25) is 10.0 Å². The maximum Gasteiger partial charge on any atom is 0.234 e. The molecule has 7 nitrogen and oxygen atoms in total. The molecule has 0 atom stereocenters. The summed E-state index contributed by atoms with van der Waals surface area (Å²) in [4.78, 5) is 6.93. The number of anilines is 1. The quantitative estimate of drug-likeness (QED) is 0.695. The molecule has 0 aliphatic carbocycles. The van der Waals surface area contributed by atoms with Crippen LogP contribution >= 0.6 is 23.2 Å². The van der Waals surface area contributed by atoms with Gasteiger partial charge in [-0.05, 0) is 31.9 Å². The summed E-state index contributed by atoms with van der Waals surface area (Å²) >= 11 is 12.5. The second-order valence-electron chi connectivity index (χ2n) is 7.38. The highest BCUT2D eigenvalue weighted by Gasteiger charge is 2.30. The van der Waals surface area contributed by atoms with Gasteiger partial charge in [-0.3, -0.25) is 4.57 Å². The standard InChI is InChI=1S/C18H22Cl2N6O/c1-18(21)6-8-25(9-7-18)16-13(10-27)26-17(22-16)24(2)15(23-26)11-4-3-5-12(19)14(11)20/h3-5,27H,6-10,21H2,1-2H3. The fourth-order valence-corrected chi connectivity index (χ4v) is 3.92. The first-order chi connectivity index (χ1) is 12.8. The minimum absolute atomic E-state index is 0.149. The monoisotopic (exact) mass is 408 g/mol. The van der Waals surface area contributed by atoms with Crippen LogP contribution in [-0.2, 0) is 13.7 Å². The molecule has 144 valence electrons. The van der Waals surface area contributed by atoms with E-state index < -0.39 is 0 Å². The Balaban J connectivity index is 1.79. The largest absolute Gasteiger partial charge is 0.390 e. The second-order valence-corrected chi connectivity index (χ2v) is 8.16. The van der Waals surface area contributed by atoms with E-state index in [2.05, 4.69) is 16.9 Å². The van der Waals surface area contributed by atoms with Crippen molar-refractivity contribution in [2.45, 2.75) is 31.9 Å². The van der Waals surface area contributed by atoms with Gasteiger partial charge in [0.2, 0.25) is 5.78 Å². The molecule has 0 unspecified atom stereocenters. The topological polar surface area (TPSA) is 84.6 Å². The Morgan fingerprint density at radius 1 is 1.26 bits per heavy atom. The zero-order valence-electron chi connectivity index (χ0n) is 15.3. The van der Waals surface area contributed by atoms with Crippen molar-refractivity contribution < 1.29 is 5.11 Å². The highest BCUT2D eigenvalue weighted by Crippen LogP contribution is 2.34.